The molecule has 1 aromatic carbocycles. The lowest BCUT2D eigenvalue weighted by atomic mass is 9.68. The number of esters is 1. The van der Waals surface area contributed by atoms with Crippen LogP contribution < -0.4 is 5.73 Å². The standard InChI is InChI=1S/C16H24O3.C7H7NO2/c1-11-7-6-9-15(2,3)12(11)8-10-16(4)13(19-16)14(17)18-5;8-6-4-2-1-3-5(6)7(9)10/h7-8,10,12-13H,6,9H2,1-5H3;1-4H,8H2,(H,9,10). The maximum absolute atomic E-state index is 11.4. The number of aromatic carboxylic acids is 1. The molecule has 0 aromatic heterocycles. The van der Waals surface area contributed by atoms with Crippen molar-refractivity contribution in [2.75, 3.05) is 12.8 Å². The van der Waals surface area contributed by atoms with E-state index in [4.69, 9.17) is 20.3 Å². The number of nitrogens with two attached hydrogens (primary N) is 1. The van der Waals surface area contributed by atoms with E-state index >= 15 is 0 Å². The molecule has 6 heteroatoms. The van der Waals surface area contributed by atoms with Crippen LogP contribution in [0.1, 0.15) is 50.9 Å². The Morgan fingerprint density at radius 2 is 1.93 bits per heavy atom. The molecule has 0 saturated carbocycles. The molecule has 6 nitrogen and oxygen atoms in total. The Bertz CT molecular complexity index is 826. The van der Waals surface area contributed by atoms with Gasteiger partial charge < -0.3 is 20.3 Å². The first-order valence-electron chi connectivity index (χ1n) is 9.71. The van der Waals surface area contributed by atoms with Gasteiger partial charge in [0, 0.05) is 11.6 Å². The zero-order valence-electron chi connectivity index (χ0n) is 17.8. The molecule has 0 bridgehead atoms. The van der Waals surface area contributed by atoms with E-state index in [1.165, 1.54) is 25.2 Å². The predicted molar refractivity (Wildman–Crippen MR) is 113 cm³/mol. The van der Waals surface area contributed by atoms with Crippen LogP contribution in [-0.4, -0.2) is 35.9 Å². The number of epoxide rings is 1. The Morgan fingerprint density at radius 1 is 1.28 bits per heavy atom. The number of hydrogen-bond acceptors (Lipinski definition) is 5. The molecule has 158 valence electrons. The van der Waals surface area contributed by atoms with Gasteiger partial charge in [-0.15, -0.1) is 0 Å². The van der Waals surface area contributed by atoms with E-state index in [0.717, 1.165) is 6.42 Å². The number of carbonyl (C=O) groups is 2. The number of hydrogen-bond donors (Lipinski definition) is 2. The summed E-state index contributed by atoms with van der Waals surface area (Å²) in [4.78, 5) is 21.8. The quantitative estimate of drug-likeness (QED) is 0.339. The average Bonchev–Trinajstić information content (AvgIpc) is 3.32. The van der Waals surface area contributed by atoms with E-state index < -0.39 is 17.7 Å². The van der Waals surface area contributed by atoms with Gasteiger partial charge in [-0.05, 0) is 44.2 Å². The summed E-state index contributed by atoms with van der Waals surface area (Å²) in [5, 5.41) is 8.49. The Balaban J connectivity index is 0.000000253. The molecule has 2 aliphatic rings. The second-order valence-electron chi connectivity index (χ2n) is 8.41. The Labute approximate surface area is 172 Å². The molecule has 0 spiro atoms. The van der Waals surface area contributed by atoms with Crippen molar-refractivity contribution in [3.05, 3.63) is 53.6 Å². The van der Waals surface area contributed by atoms with Gasteiger partial charge >= 0.3 is 11.9 Å². The number of benzene rings is 1. The maximum atomic E-state index is 11.4. The highest BCUT2D eigenvalue weighted by Crippen LogP contribution is 2.44. The number of nitrogen functional groups attached to an aromatic ring is 1. The predicted octanol–water partition coefficient (Wildman–Crippen LogP) is 4.22. The lowest BCUT2D eigenvalue weighted by Gasteiger charge is -2.36. The van der Waals surface area contributed by atoms with Crippen molar-refractivity contribution >= 4 is 17.6 Å². The summed E-state index contributed by atoms with van der Waals surface area (Å²) in [6.07, 6.45) is 8.45. The second-order valence-corrected chi connectivity index (χ2v) is 8.41. The average molecular weight is 402 g/mol. The van der Waals surface area contributed by atoms with Crippen molar-refractivity contribution in [3.8, 4) is 0 Å². The first kappa shape index (κ1) is 22.7. The van der Waals surface area contributed by atoms with Crippen LogP contribution in [0, 0.1) is 11.3 Å². The van der Waals surface area contributed by atoms with Gasteiger partial charge in [0.05, 0.1) is 12.7 Å². The third-order valence-corrected chi connectivity index (χ3v) is 5.65. The van der Waals surface area contributed by atoms with Gasteiger partial charge in [-0.1, -0.05) is 49.8 Å². The van der Waals surface area contributed by atoms with Crippen molar-refractivity contribution in [1.29, 1.82) is 0 Å². The van der Waals surface area contributed by atoms with Crippen LogP contribution in [0.2, 0.25) is 0 Å². The monoisotopic (exact) mass is 401 g/mol. The Morgan fingerprint density at radius 3 is 2.45 bits per heavy atom. The van der Waals surface area contributed by atoms with E-state index in [1.54, 1.807) is 18.2 Å². The molecule has 1 heterocycles. The van der Waals surface area contributed by atoms with E-state index in [-0.39, 0.29) is 16.9 Å². The highest BCUT2D eigenvalue weighted by molar-refractivity contribution is 5.93. The fourth-order valence-corrected chi connectivity index (χ4v) is 3.70. The normalized spacial score (nSPS) is 27.4. The number of ether oxygens (including phenoxy) is 2. The van der Waals surface area contributed by atoms with Crippen molar-refractivity contribution in [2.24, 2.45) is 11.3 Å². The summed E-state index contributed by atoms with van der Waals surface area (Å²) in [6.45, 7) is 8.71. The van der Waals surface area contributed by atoms with Crippen LogP contribution in [0.4, 0.5) is 5.69 Å². The first-order chi connectivity index (χ1) is 13.5. The molecule has 1 aliphatic carbocycles. The number of carbonyl (C=O) groups excluding carboxylic acids is 1. The first-order valence-corrected chi connectivity index (χ1v) is 9.71. The zero-order valence-corrected chi connectivity index (χ0v) is 17.8. The number of anilines is 1. The number of methoxy groups -OCH3 is 1. The van der Waals surface area contributed by atoms with Gasteiger partial charge in [0.25, 0.3) is 0 Å². The second kappa shape index (κ2) is 8.82. The Hall–Kier alpha value is -2.60. The van der Waals surface area contributed by atoms with Gasteiger partial charge in [0.1, 0.15) is 5.60 Å². The molecule has 0 radical (unpaired) electrons. The highest BCUT2D eigenvalue weighted by Gasteiger charge is 2.56. The third kappa shape index (κ3) is 5.48. The van der Waals surface area contributed by atoms with Crippen molar-refractivity contribution in [3.63, 3.8) is 0 Å². The van der Waals surface area contributed by atoms with Crippen LogP contribution in [0.15, 0.2) is 48.1 Å². The van der Waals surface area contributed by atoms with Gasteiger partial charge in [-0.2, -0.15) is 0 Å². The van der Waals surface area contributed by atoms with Crippen molar-refractivity contribution in [2.45, 2.75) is 52.2 Å². The molecule has 29 heavy (non-hydrogen) atoms. The number of rotatable bonds is 4. The Kier molecular flexibility index (Phi) is 6.90. The molecule has 3 rings (SSSR count). The van der Waals surface area contributed by atoms with Gasteiger partial charge in [-0.25, -0.2) is 9.59 Å². The molecule has 1 saturated heterocycles. The summed E-state index contributed by atoms with van der Waals surface area (Å²) in [5.74, 6) is -0.860. The smallest absolute Gasteiger partial charge is 0.338 e. The van der Waals surface area contributed by atoms with Gasteiger partial charge in [-0.3, -0.25) is 0 Å². The highest BCUT2D eigenvalue weighted by atomic mass is 16.6. The summed E-state index contributed by atoms with van der Waals surface area (Å²) in [7, 11) is 1.39. The molecular formula is C23H31NO5. The minimum absolute atomic E-state index is 0.155. The summed E-state index contributed by atoms with van der Waals surface area (Å²) in [5.41, 5.74) is 6.99. The van der Waals surface area contributed by atoms with E-state index in [0.29, 0.717) is 11.6 Å². The number of allylic oxidation sites excluding steroid dienone is 3. The molecule has 1 fully saturated rings. The maximum Gasteiger partial charge on any atom is 0.338 e. The van der Waals surface area contributed by atoms with Gasteiger partial charge in [0.2, 0.25) is 0 Å². The number of carboxylic acid groups (broad SMARTS) is 1. The van der Waals surface area contributed by atoms with E-state index in [9.17, 15) is 9.59 Å². The number of carboxylic acids is 1. The molecule has 3 unspecified atom stereocenters. The van der Waals surface area contributed by atoms with Crippen LogP contribution in [-0.2, 0) is 14.3 Å². The lowest BCUT2D eigenvalue weighted by Crippen LogP contribution is -2.27. The number of para-hydroxylation sites is 1. The zero-order chi connectivity index (χ0) is 21.8. The van der Waals surface area contributed by atoms with Crippen LogP contribution in [0.3, 0.4) is 0 Å². The lowest BCUT2D eigenvalue weighted by molar-refractivity contribution is -0.142. The summed E-state index contributed by atoms with van der Waals surface area (Å²) < 4.78 is 10.2. The SMILES string of the molecule is COC(=O)C1OC1(C)C=CC1C(C)=CCCC1(C)C.Nc1ccccc1C(=O)O. The van der Waals surface area contributed by atoms with E-state index in [1.807, 2.05) is 13.0 Å². The molecule has 3 atom stereocenters. The molecule has 0 amide bonds. The summed E-state index contributed by atoms with van der Waals surface area (Å²) in [6, 6.07) is 6.36. The minimum Gasteiger partial charge on any atom is -0.478 e. The largest absolute Gasteiger partial charge is 0.478 e. The van der Waals surface area contributed by atoms with Crippen LogP contribution in [0.25, 0.3) is 0 Å². The summed E-state index contributed by atoms with van der Waals surface area (Å²) >= 11 is 0. The van der Waals surface area contributed by atoms with Crippen LogP contribution >= 0.6 is 0 Å². The van der Waals surface area contributed by atoms with Crippen molar-refractivity contribution < 1.29 is 24.2 Å². The fourth-order valence-electron chi connectivity index (χ4n) is 3.70. The topological polar surface area (TPSA) is 102 Å². The van der Waals surface area contributed by atoms with Crippen LogP contribution in [0.5, 0.6) is 0 Å². The molecule has 1 aromatic rings. The molecular weight excluding hydrogens is 370 g/mol. The van der Waals surface area contributed by atoms with E-state index in [2.05, 4.69) is 32.9 Å². The molecule has 1 aliphatic heterocycles. The fraction of sp³-hybridized carbons (Fsp3) is 0.478. The van der Waals surface area contributed by atoms with Crippen molar-refractivity contribution in [1.82, 2.24) is 0 Å². The molecule has 3 N–H and O–H groups in total. The third-order valence-electron chi connectivity index (χ3n) is 5.65. The van der Waals surface area contributed by atoms with Gasteiger partial charge in [0.15, 0.2) is 6.10 Å². The minimum atomic E-state index is -0.988.